The summed E-state index contributed by atoms with van der Waals surface area (Å²) in [5.74, 6) is 1.75. The molecule has 6 nitrogen and oxygen atoms in total. The van der Waals surface area contributed by atoms with E-state index in [-0.39, 0.29) is 0 Å². The highest BCUT2D eigenvalue weighted by molar-refractivity contribution is 7.14. The molecule has 1 aliphatic rings. The van der Waals surface area contributed by atoms with Gasteiger partial charge < -0.3 is 20.1 Å². The molecule has 1 saturated carbocycles. The normalized spacial score (nSPS) is 14.8. The maximum Gasteiger partial charge on any atom is 0.405 e. The van der Waals surface area contributed by atoms with Gasteiger partial charge in [0.15, 0.2) is 0 Å². The molecule has 2 N–H and O–H groups in total. The summed E-state index contributed by atoms with van der Waals surface area (Å²) in [5.41, 5.74) is 0. The summed E-state index contributed by atoms with van der Waals surface area (Å²) in [7, 11) is 0. The van der Waals surface area contributed by atoms with E-state index in [1.807, 2.05) is 0 Å². The second-order valence-corrected chi connectivity index (χ2v) is 8.47. The van der Waals surface area contributed by atoms with Crippen LogP contribution in [0.15, 0.2) is 43.1 Å². The first-order valence-corrected chi connectivity index (χ1v) is 10.9. The minimum atomic E-state index is -4.48. The van der Waals surface area contributed by atoms with Crippen molar-refractivity contribution in [3.63, 3.8) is 0 Å². The van der Waals surface area contributed by atoms with E-state index in [4.69, 9.17) is 21.1 Å². The van der Waals surface area contributed by atoms with Gasteiger partial charge in [0.1, 0.15) is 18.0 Å². The Balaban J connectivity index is 1.52. The highest BCUT2D eigenvalue weighted by Gasteiger charge is 2.27. The number of nitrogens with zero attached hydrogens (tertiary/aromatic N) is 1. The van der Waals surface area contributed by atoms with E-state index < -0.39 is 24.8 Å². The van der Waals surface area contributed by atoms with Crippen LogP contribution in [0.2, 0.25) is 5.02 Å². The molecule has 1 atom stereocenters. The van der Waals surface area contributed by atoms with Gasteiger partial charge in [-0.05, 0) is 37.0 Å². The minimum absolute atomic E-state index is 0.351. The van der Waals surface area contributed by atoms with Crippen LogP contribution in [0.3, 0.4) is 0 Å². The molecule has 2 aromatic rings. The first kappa shape index (κ1) is 23.9. The van der Waals surface area contributed by atoms with Crippen molar-refractivity contribution in [2.75, 3.05) is 13.2 Å². The number of urea groups is 1. The molecule has 0 bridgehead atoms. The molecule has 1 aliphatic carbocycles. The van der Waals surface area contributed by atoms with Crippen molar-refractivity contribution in [2.24, 2.45) is 5.92 Å². The molecule has 1 aromatic carbocycles. The van der Waals surface area contributed by atoms with E-state index in [1.54, 1.807) is 41.9 Å². The molecule has 1 heterocycles. The van der Waals surface area contributed by atoms with Crippen LogP contribution in [-0.4, -0.2) is 36.4 Å². The Bertz CT molecular complexity index is 977. The Morgan fingerprint density at radius 1 is 1.41 bits per heavy atom. The molecule has 1 fully saturated rings. The van der Waals surface area contributed by atoms with E-state index in [2.05, 4.69) is 16.9 Å². The number of thiazole rings is 1. The summed E-state index contributed by atoms with van der Waals surface area (Å²) in [6.45, 7) is 2.83. The van der Waals surface area contributed by atoms with Crippen molar-refractivity contribution >= 4 is 35.0 Å². The summed E-state index contributed by atoms with van der Waals surface area (Å²) < 4.78 is 47.9. The fraction of sp³-hybridized carbons (Fsp3) is 0.333. The van der Waals surface area contributed by atoms with Gasteiger partial charge in [-0.25, -0.2) is 9.78 Å². The van der Waals surface area contributed by atoms with Crippen LogP contribution >= 0.6 is 22.9 Å². The predicted molar refractivity (Wildman–Crippen MR) is 117 cm³/mol. The topological polar surface area (TPSA) is 72.5 Å². The summed E-state index contributed by atoms with van der Waals surface area (Å²) in [6.07, 6.45) is 4.07. The molecule has 0 saturated heterocycles. The number of hydrogen-bond acceptors (Lipinski definition) is 5. The Hall–Kier alpha value is -2.72. The van der Waals surface area contributed by atoms with Crippen LogP contribution in [0.5, 0.6) is 16.7 Å². The second-order valence-electron chi connectivity index (χ2n) is 7.04. The number of hydrogen-bond donors (Lipinski definition) is 2. The summed E-state index contributed by atoms with van der Waals surface area (Å²) in [4.78, 5) is 16.4. The Morgan fingerprint density at radius 2 is 2.19 bits per heavy atom. The van der Waals surface area contributed by atoms with Crippen LogP contribution in [0, 0.1) is 5.92 Å². The molecule has 0 radical (unpaired) electrons. The van der Waals surface area contributed by atoms with Crippen molar-refractivity contribution in [3.05, 3.63) is 53.0 Å². The van der Waals surface area contributed by atoms with Gasteiger partial charge in [0, 0.05) is 12.3 Å². The van der Waals surface area contributed by atoms with Crippen LogP contribution in [0.25, 0.3) is 6.08 Å². The number of carbonyl (C=O) groups excluding carboxylic acids is 1. The van der Waals surface area contributed by atoms with Crippen molar-refractivity contribution in [1.82, 2.24) is 15.6 Å². The summed E-state index contributed by atoms with van der Waals surface area (Å²) in [5, 5.41) is 4.84. The number of benzene rings is 1. The lowest BCUT2D eigenvalue weighted by atomic mass is 10.2. The van der Waals surface area contributed by atoms with Crippen LogP contribution < -0.4 is 20.1 Å². The molecular formula is C21H21ClF3N3O3S. The zero-order valence-electron chi connectivity index (χ0n) is 16.8. The van der Waals surface area contributed by atoms with E-state index in [0.717, 1.165) is 0 Å². The van der Waals surface area contributed by atoms with Crippen LogP contribution in [-0.2, 0) is 0 Å². The third kappa shape index (κ3) is 8.08. The predicted octanol–water partition coefficient (Wildman–Crippen LogP) is 5.81. The first-order valence-electron chi connectivity index (χ1n) is 9.70. The Kier molecular flexibility index (Phi) is 8.03. The third-order valence-corrected chi connectivity index (χ3v) is 5.39. The summed E-state index contributed by atoms with van der Waals surface area (Å²) in [6, 6.07) is 3.55. The van der Waals surface area contributed by atoms with Gasteiger partial charge in [0.05, 0.1) is 22.5 Å². The number of halogens is 4. The molecule has 3 rings (SSSR count). The molecule has 0 unspecified atom stereocenters. The highest BCUT2D eigenvalue weighted by Crippen LogP contribution is 2.35. The number of amides is 2. The SMILES string of the molecule is C=C[C@@H](/C=C/c1cnc(Oc2ccc(OCC3CC3)cc2Cl)s1)NC(=O)NCC(F)(F)F. The standard InChI is InChI=1S/C21H21ClF3N3O3S/c1-2-14(28-19(29)27-12-21(23,24)25)5-7-16-10-26-20(32-16)31-18-8-6-15(9-17(18)22)30-11-13-3-4-13/h2,5-10,13-14H,1,3-4,11-12H2,(H2,27,28,29)/b7-5+/t14-/m0/s1. The zero-order chi connectivity index (χ0) is 23.1. The number of carbonyl (C=O) groups is 1. The molecule has 2 amide bonds. The van der Waals surface area contributed by atoms with Gasteiger partial charge in [0.2, 0.25) is 0 Å². The minimum Gasteiger partial charge on any atom is -0.493 e. The van der Waals surface area contributed by atoms with Gasteiger partial charge in [0.25, 0.3) is 5.19 Å². The molecule has 32 heavy (non-hydrogen) atoms. The highest BCUT2D eigenvalue weighted by atomic mass is 35.5. The third-order valence-electron chi connectivity index (χ3n) is 4.25. The molecular weight excluding hydrogens is 467 g/mol. The Labute approximate surface area is 192 Å². The number of nitrogens with one attached hydrogen (secondary N) is 2. The Morgan fingerprint density at radius 3 is 2.84 bits per heavy atom. The average molecular weight is 488 g/mol. The number of ether oxygens (including phenoxy) is 2. The van der Waals surface area contributed by atoms with E-state index in [0.29, 0.717) is 39.1 Å². The lowest BCUT2D eigenvalue weighted by Gasteiger charge is -2.13. The largest absolute Gasteiger partial charge is 0.493 e. The van der Waals surface area contributed by atoms with E-state index in [9.17, 15) is 18.0 Å². The van der Waals surface area contributed by atoms with Crippen molar-refractivity contribution in [1.29, 1.82) is 0 Å². The summed E-state index contributed by atoms with van der Waals surface area (Å²) >= 11 is 7.50. The smallest absolute Gasteiger partial charge is 0.405 e. The van der Waals surface area contributed by atoms with Crippen molar-refractivity contribution in [2.45, 2.75) is 25.1 Å². The van der Waals surface area contributed by atoms with Gasteiger partial charge in [-0.15, -0.1) is 6.58 Å². The molecule has 172 valence electrons. The molecule has 0 spiro atoms. The quantitative estimate of drug-likeness (QED) is 0.415. The maximum absolute atomic E-state index is 12.2. The van der Waals surface area contributed by atoms with Gasteiger partial charge >= 0.3 is 12.2 Å². The molecule has 1 aromatic heterocycles. The monoisotopic (exact) mass is 487 g/mol. The number of alkyl halides is 3. The van der Waals surface area contributed by atoms with Gasteiger partial charge in [-0.3, -0.25) is 0 Å². The average Bonchev–Trinajstić information content (AvgIpc) is 3.47. The maximum atomic E-state index is 12.2. The second kappa shape index (κ2) is 10.7. The fourth-order valence-electron chi connectivity index (χ4n) is 2.41. The lowest BCUT2D eigenvalue weighted by Crippen LogP contribution is -2.44. The van der Waals surface area contributed by atoms with Crippen molar-refractivity contribution in [3.8, 4) is 16.7 Å². The number of rotatable bonds is 10. The zero-order valence-corrected chi connectivity index (χ0v) is 18.4. The van der Waals surface area contributed by atoms with Crippen LogP contribution in [0.4, 0.5) is 18.0 Å². The molecule has 0 aliphatic heterocycles. The fourth-order valence-corrected chi connectivity index (χ4v) is 3.31. The number of aromatic nitrogens is 1. The van der Waals surface area contributed by atoms with E-state index in [1.165, 1.54) is 30.3 Å². The van der Waals surface area contributed by atoms with Crippen LogP contribution in [0.1, 0.15) is 17.7 Å². The first-order chi connectivity index (χ1) is 15.2. The van der Waals surface area contributed by atoms with Gasteiger partial charge in [-0.1, -0.05) is 35.1 Å². The van der Waals surface area contributed by atoms with Crippen molar-refractivity contribution < 1.29 is 27.4 Å². The van der Waals surface area contributed by atoms with Gasteiger partial charge in [-0.2, -0.15) is 13.2 Å². The molecule has 11 heteroatoms. The van der Waals surface area contributed by atoms with E-state index >= 15 is 0 Å². The lowest BCUT2D eigenvalue weighted by molar-refractivity contribution is -0.122.